The SMILES string of the molecule is CN1CCN(NC(=O)c2cccc(O)c2)CC1. The Balaban J connectivity index is 1.93. The molecule has 1 fully saturated rings. The normalized spacial score (nSPS) is 17.9. The van der Waals surface area contributed by atoms with E-state index in [-0.39, 0.29) is 11.7 Å². The van der Waals surface area contributed by atoms with E-state index < -0.39 is 0 Å². The molecule has 1 heterocycles. The number of carbonyl (C=O) groups excluding carboxylic acids is 1. The van der Waals surface area contributed by atoms with E-state index in [4.69, 9.17) is 0 Å². The maximum atomic E-state index is 11.9. The number of carbonyl (C=O) groups is 1. The fourth-order valence-electron chi connectivity index (χ4n) is 1.77. The minimum absolute atomic E-state index is 0.107. The topological polar surface area (TPSA) is 55.8 Å². The number of aromatic hydroxyl groups is 1. The number of nitrogens with one attached hydrogen (secondary N) is 1. The first-order valence-corrected chi connectivity index (χ1v) is 5.68. The summed E-state index contributed by atoms with van der Waals surface area (Å²) in [6.45, 7) is 3.53. The number of hydrogen-bond donors (Lipinski definition) is 2. The fraction of sp³-hybridized carbons (Fsp3) is 0.417. The van der Waals surface area contributed by atoms with E-state index in [1.165, 1.54) is 6.07 Å². The summed E-state index contributed by atoms with van der Waals surface area (Å²) in [5.41, 5.74) is 3.32. The summed E-state index contributed by atoms with van der Waals surface area (Å²) >= 11 is 0. The molecule has 5 nitrogen and oxygen atoms in total. The van der Waals surface area contributed by atoms with E-state index in [0.717, 1.165) is 26.2 Å². The van der Waals surface area contributed by atoms with Crippen LogP contribution in [0.2, 0.25) is 0 Å². The second kappa shape index (κ2) is 5.16. The number of nitrogens with zero attached hydrogens (tertiary/aromatic N) is 2. The molecule has 1 aliphatic heterocycles. The molecular formula is C12H17N3O2. The molecular weight excluding hydrogens is 218 g/mol. The van der Waals surface area contributed by atoms with Gasteiger partial charge in [-0.1, -0.05) is 6.07 Å². The third kappa shape index (κ3) is 3.18. The third-order valence-electron chi connectivity index (χ3n) is 2.87. The number of rotatable bonds is 2. The van der Waals surface area contributed by atoms with Crippen LogP contribution >= 0.6 is 0 Å². The monoisotopic (exact) mass is 235 g/mol. The Morgan fingerprint density at radius 1 is 1.29 bits per heavy atom. The molecule has 1 aromatic carbocycles. The van der Waals surface area contributed by atoms with E-state index in [2.05, 4.69) is 17.4 Å². The highest BCUT2D eigenvalue weighted by atomic mass is 16.3. The van der Waals surface area contributed by atoms with E-state index >= 15 is 0 Å². The Hall–Kier alpha value is -1.59. The van der Waals surface area contributed by atoms with E-state index in [1.807, 2.05) is 5.01 Å². The largest absolute Gasteiger partial charge is 0.508 e. The molecule has 2 rings (SSSR count). The van der Waals surface area contributed by atoms with Crippen molar-refractivity contribution in [3.05, 3.63) is 29.8 Å². The first-order valence-electron chi connectivity index (χ1n) is 5.68. The van der Waals surface area contributed by atoms with Gasteiger partial charge in [-0.25, -0.2) is 5.01 Å². The van der Waals surface area contributed by atoms with Gasteiger partial charge in [0.1, 0.15) is 5.75 Å². The minimum Gasteiger partial charge on any atom is -0.508 e. The van der Waals surface area contributed by atoms with Crippen LogP contribution in [0.3, 0.4) is 0 Å². The van der Waals surface area contributed by atoms with Crippen molar-refractivity contribution >= 4 is 5.91 Å². The number of benzene rings is 1. The zero-order valence-electron chi connectivity index (χ0n) is 9.89. The van der Waals surface area contributed by atoms with Crippen LogP contribution < -0.4 is 5.43 Å². The smallest absolute Gasteiger partial charge is 0.265 e. The molecule has 92 valence electrons. The van der Waals surface area contributed by atoms with Gasteiger partial charge in [0.25, 0.3) is 5.91 Å². The molecule has 5 heteroatoms. The highest BCUT2D eigenvalue weighted by molar-refractivity contribution is 5.94. The van der Waals surface area contributed by atoms with Gasteiger partial charge in [-0.3, -0.25) is 10.2 Å². The lowest BCUT2D eigenvalue weighted by Gasteiger charge is -2.32. The molecule has 1 aromatic rings. The minimum atomic E-state index is -0.176. The number of amides is 1. The van der Waals surface area contributed by atoms with Crippen molar-refractivity contribution in [2.24, 2.45) is 0 Å². The Morgan fingerprint density at radius 3 is 2.65 bits per heavy atom. The molecule has 1 amide bonds. The number of piperazine rings is 1. The highest BCUT2D eigenvalue weighted by Crippen LogP contribution is 2.10. The number of hydrazine groups is 1. The summed E-state index contributed by atoms with van der Waals surface area (Å²) in [5.74, 6) is -0.0681. The zero-order chi connectivity index (χ0) is 12.3. The summed E-state index contributed by atoms with van der Waals surface area (Å²) in [6, 6.07) is 6.36. The van der Waals surface area contributed by atoms with Crippen molar-refractivity contribution in [2.75, 3.05) is 33.2 Å². The molecule has 0 saturated carbocycles. The van der Waals surface area contributed by atoms with Crippen LogP contribution in [0.15, 0.2) is 24.3 Å². The molecule has 0 atom stereocenters. The van der Waals surface area contributed by atoms with Gasteiger partial charge in [0.05, 0.1) is 0 Å². The predicted molar refractivity (Wildman–Crippen MR) is 64.6 cm³/mol. The van der Waals surface area contributed by atoms with Crippen molar-refractivity contribution in [3.63, 3.8) is 0 Å². The van der Waals surface area contributed by atoms with Crippen LogP contribution in [-0.4, -0.2) is 54.1 Å². The lowest BCUT2D eigenvalue weighted by Crippen LogP contribution is -2.52. The second-order valence-electron chi connectivity index (χ2n) is 4.28. The van der Waals surface area contributed by atoms with Crippen molar-refractivity contribution in [1.82, 2.24) is 15.3 Å². The Kier molecular flexibility index (Phi) is 3.61. The van der Waals surface area contributed by atoms with Crippen LogP contribution in [0.5, 0.6) is 5.75 Å². The van der Waals surface area contributed by atoms with Crippen LogP contribution in [0, 0.1) is 0 Å². The Labute approximate surface area is 101 Å². The van der Waals surface area contributed by atoms with Gasteiger partial charge in [-0.2, -0.15) is 0 Å². The Bertz CT molecular complexity index is 400. The van der Waals surface area contributed by atoms with Gasteiger partial charge in [0, 0.05) is 31.7 Å². The first-order chi connectivity index (χ1) is 8.15. The van der Waals surface area contributed by atoms with Crippen LogP contribution in [0.25, 0.3) is 0 Å². The van der Waals surface area contributed by atoms with Crippen LogP contribution in [0.1, 0.15) is 10.4 Å². The number of likely N-dealkylation sites (N-methyl/N-ethyl adjacent to an activating group) is 1. The highest BCUT2D eigenvalue weighted by Gasteiger charge is 2.16. The van der Waals surface area contributed by atoms with Crippen molar-refractivity contribution in [1.29, 1.82) is 0 Å². The van der Waals surface area contributed by atoms with Crippen molar-refractivity contribution < 1.29 is 9.90 Å². The molecule has 1 aliphatic rings. The summed E-state index contributed by atoms with van der Waals surface area (Å²) in [4.78, 5) is 14.1. The van der Waals surface area contributed by atoms with Gasteiger partial charge in [0.15, 0.2) is 0 Å². The number of hydrogen-bond acceptors (Lipinski definition) is 4. The van der Waals surface area contributed by atoms with Gasteiger partial charge in [-0.05, 0) is 25.2 Å². The van der Waals surface area contributed by atoms with Gasteiger partial charge < -0.3 is 10.0 Å². The van der Waals surface area contributed by atoms with E-state index in [9.17, 15) is 9.90 Å². The summed E-state index contributed by atoms with van der Waals surface area (Å²) < 4.78 is 0. The number of phenolic OH excluding ortho intramolecular Hbond substituents is 1. The average molecular weight is 235 g/mol. The summed E-state index contributed by atoms with van der Waals surface area (Å²) in [6.07, 6.45) is 0. The molecule has 0 unspecified atom stereocenters. The first kappa shape index (κ1) is 11.9. The maximum Gasteiger partial charge on any atom is 0.265 e. The molecule has 17 heavy (non-hydrogen) atoms. The molecule has 0 bridgehead atoms. The van der Waals surface area contributed by atoms with Gasteiger partial charge in [0.2, 0.25) is 0 Å². The molecule has 0 aromatic heterocycles. The Morgan fingerprint density at radius 2 is 2.00 bits per heavy atom. The lowest BCUT2D eigenvalue weighted by molar-refractivity contribution is 0.0662. The van der Waals surface area contributed by atoms with E-state index in [1.54, 1.807) is 18.2 Å². The molecule has 0 spiro atoms. The van der Waals surface area contributed by atoms with Crippen molar-refractivity contribution in [2.45, 2.75) is 0 Å². The standard InChI is InChI=1S/C12H17N3O2/c1-14-5-7-15(8-6-14)13-12(17)10-3-2-4-11(16)9-10/h2-4,9,16H,5-8H2,1H3,(H,13,17). The van der Waals surface area contributed by atoms with Crippen molar-refractivity contribution in [3.8, 4) is 5.75 Å². The van der Waals surface area contributed by atoms with Gasteiger partial charge >= 0.3 is 0 Å². The third-order valence-corrected chi connectivity index (χ3v) is 2.87. The summed E-state index contributed by atoms with van der Waals surface area (Å²) in [5, 5.41) is 11.2. The second-order valence-corrected chi connectivity index (χ2v) is 4.28. The molecule has 1 saturated heterocycles. The van der Waals surface area contributed by atoms with Crippen LogP contribution in [0.4, 0.5) is 0 Å². The lowest BCUT2D eigenvalue weighted by atomic mass is 10.2. The predicted octanol–water partition coefficient (Wildman–Crippen LogP) is 0.284. The molecule has 0 aliphatic carbocycles. The fourth-order valence-corrected chi connectivity index (χ4v) is 1.77. The molecule has 2 N–H and O–H groups in total. The zero-order valence-corrected chi connectivity index (χ0v) is 9.89. The number of phenols is 1. The maximum absolute atomic E-state index is 11.9. The van der Waals surface area contributed by atoms with Gasteiger partial charge in [-0.15, -0.1) is 0 Å². The molecule has 0 radical (unpaired) electrons. The quantitative estimate of drug-likeness (QED) is 0.773. The average Bonchev–Trinajstić information content (AvgIpc) is 2.32. The van der Waals surface area contributed by atoms with Crippen LogP contribution in [-0.2, 0) is 0 Å². The van der Waals surface area contributed by atoms with E-state index in [0.29, 0.717) is 5.56 Å². The summed E-state index contributed by atoms with van der Waals surface area (Å²) in [7, 11) is 2.06.